The van der Waals surface area contributed by atoms with Crippen LogP contribution in [0, 0.1) is 0 Å². The van der Waals surface area contributed by atoms with Crippen LogP contribution in [0.2, 0.25) is 5.02 Å². The number of rotatable bonds is 7. The Morgan fingerprint density at radius 2 is 1.97 bits per heavy atom. The van der Waals surface area contributed by atoms with Crippen molar-refractivity contribution in [3.05, 3.63) is 83.8 Å². The first kappa shape index (κ1) is 22.7. The van der Waals surface area contributed by atoms with Gasteiger partial charge in [0.15, 0.2) is 5.82 Å². The smallest absolute Gasteiger partial charge is 0.416 e. The Hall–Kier alpha value is -3.52. The minimum atomic E-state index is -4.46. The average molecular weight is 473 g/mol. The maximum absolute atomic E-state index is 12.9. The molecule has 0 aliphatic carbocycles. The van der Waals surface area contributed by atoms with Gasteiger partial charge >= 0.3 is 6.18 Å². The average Bonchev–Trinajstić information content (AvgIpc) is 3.18. The van der Waals surface area contributed by atoms with E-state index in [1.165, 1.54) is 18.5 Å². The number of fused-ring (bicyclic) bond motifs is 1. The number of halogens is 4. The van der Waals surface area contributed by atoms with Gasteiger partial charge in [-0.25, -0.2) is 9.97 Å². The molecule has 2 aromatic carbocycles. The zero-order valence-corrected chi connectivity index (χ0v) is 18.4. The summed E-state index contributed by atoms with van der Waals surface area (Å²) in [6, 6.07) is 11.5. The van der Waals surface area contributed by atoms with Crippen LogP contribution in [-0.2, 0) is 12.7 Å². The first-order valence-corrected chi connectivity index (χ1v) is 10.4. The van der Waals surface area contributed by atoms with Crippen molar-refractivity contribution < 1.29 is 17.9 Å². The molecule has 1 N–H and O–H groups in total. The quantitative estimate of drug-likeness (QED) is 0.281. The van der Waals surface area contributed by atoms with Gasteiger partial charge in [0, 0.05) is 18.4 Å². The van der Waals surface area contributed by atoms with E-state index in [2.05, 4.69) is 26.4 Å². The first-order valence-electron chi connectivity index (χ1n) is 10.1. The van der Waals surface area contributed by atoms with Gasteiger partial charge in [-0.3, -0.25) is 0 Å². The van der Waals surface area contributed by atoms with Crippen LogP contribution in [0.3, 0.4) is 0 Å². The van der Waals surface area contributed by atoms with E-state index < -0.39 is 11.7 Å². The summed E-state index contributed by atoms with van der Waals surface area (Å²) in [5, 5.41) is 3.48. The Labute approximate surface area is 193 Å². The largest absolute Gasteiger partial charge is 0.456 e. The molecule has 170 valence electrons. The van der Waals surface area contributed by atoms with Crippen molar-refractivity contribution >= 4 is 34.1 Å². The zero-order valence-electron chi connectivity index (χ0n) is 17.7. The highest BCUT2D eigenvalue weighted by atomic mass is 35.5. The number of benzene rings is 2. The fourth-order valence-corrected chi connectivity index (χ4v) is 3.50. The van der Waals surface area contributed by atoms with Gasteiger partial charge in [-0.15, -0.1) is 6.58 Å². The van der Waals surface area contributed by atoms with E-state index >= 15 is 0 Å². The second kappa shape index (κ2) is 9.15. The summed E-state index contributed by atoms with van der Waals surface area (Å²) in [6.45, 7) is 6.67. The third-order valence-electron chi connectivity index (χ3n) is 4.91. The van der Waals surface area contributed by atoms with Gasteiger partial charge < -0.3 is 14.6 Å². The summed E-state index contributed by atoms with van der Waals surface area (Å²) in [5.41, 5.74) is 2.57. The Balaban J connectivity index is 1.56. The lowest BCUT2D eigenvalue weighted by molar-refractivity contribution is -0.137. The second-order valence-electron chi connectivity index (χ2n) is 7.57. The zero-order chi connectivity index (χ0) is 23.6. The lowest BCUT2D eigenvalue weighted by Crippen LogP contribution is -2.04. The highest BCUT2D eigenvalue weighted by Crippen LogP contribution is 2.36. The molecule has 0 bridgehead atoms. The predicted molar refractivity (Wildman–Crippen MR) is 123 cm³/mol. The Kier molecular flexibility index (Phi) is 6.29. The van der Waals surface area contributed by atoms with Crippen LogP contribution in [-0.4, -0.2) is 14.5 Å². The van der Waals surface area contributed by atoms with Crippen molar-refractivity contribution in [3.63, 3.8) is 0 Å². The van der Waals surface area contributed by atoms with Crippen LogP contribution in [0.4, 0.5) is 24.7 Å². The summed E-state index contributed by atoms with van der Waals surface area (Å²) in [7, 11) is 0. The summed E-state index contributed by atoms with van der Waals surface area (Å²) < 4.78 is 46.5. The van der Waals surface area contributed by atoms with Gasteiger partial charge in [0.05, 0.1) is 16.1 Å². The maximum atomic E-state index is 12.9. The molecule has 5 nitrogen and oxygen atoms in total. The van der Waals surface area contributed by atoms with Crippen molar-refractivity contribution in [2.24, 2.45) is 0 Å². The minimum absolute atomic E-state index is 0.0419. The molecule has 9 heteroatoms. The molecule has 4 rings (SSSR count). The fourth-order valence-electron chi connectivity index (χ4n) is 3.28. The fraction of sp³-hybridized carbons (Fsp3) is 0.167. The lowest BCUT2D eigenvalue weighted by Gasteiger charge is -2.13. The predicted octanol–water partition coefficient (Wildman–Crippen LogP) is 7.61. The van der Waals surface area contributed by atoms with Gasteiger partial charge in [-0.05, 0) is 55.8 Å². The molecule has 4 aromatic rings. The number of aryl methyl sites for hydroxylation is 1. The lowest BCUT2D eigenvalue weighted by atomic mass is 10.2. The number of hydrogen-bond acceptors (Lipinski definition) is 4. The van der Waals surface area contributed by atoms with Crippen LogP contribution in [0.5, 0.6) is 11.5 Å². The number of hydrogen-bond donors (Lipinski definition) is 1. The molecule has 0 aliphatic heterocycles. The Morgan fingerprint density at radius 1 is 1.15 bits per heavy atom. The molecule has 0 radical (unpaired) electrons. The third-order valence-corrected chi connectivity index (χ3v) is 5.21. The van der Waals surface area contributed by atoms with E-state index in [9.17, 15) is 13.2 Å². The summed E-state index contributed by atoms with van der Waals surface area (Å²) in [4.78, 5) is 8.68. The number of anilines is 2. The van der Waals surface area contributed by atoms with Gasteiger partial charge in [-0.2, -0.15) is 13.2 Å². The van der Waals surface area contributed by atoms with Crippen LogP contribution in [0.15, 0.2) is 73.2 Å². The number of nitrogens with zero attached hydrogens (tertiary/aromatic N) is 3. The summed E-state index contributed by atoms with van der Waals surface area (Å²) in [5.74, 6) is 0.883. The van der Waals surface area contributed by atoms with Crippen LogP contribution in [0.25, 0.3) is 11.0 Å². The van der Waals surface area contributed by atoms with Gasteiger partial charge in [-0.1, -0.05) is 23.2 Å². The molecule has 0 saturated carbocycles. The molecule has 0 saturated heterocycles. The highest BCUT2D eigenvalue weighted by molar-refractivity contribution is 6.32. The number of nitrogens with one attached hydrogen (secondary N) is 1. The van der Waals surface area contributed by atoms with E-state index in [1.54, 1.807) is 18.2 Å². The molecule has 33 heavy (non-hydrogen) atoms. The van der Waals surface area contributed by atoms with Crippen LogP contribution >= 0.6 is 11.6 Å². The monoisotopic (exact) mass is 472 g/mol. The number of alkyl halides is 3. The normalized spacial score (nSPS) is 11.5. The molecule has 2 aromatic heterocycles. The van der Waals surface area contributed by atoms with E-state index in [1.807, 2.05) is 19.2 Å². The highest BCUT2D eigenvalue weighted by Gasteiger charge is 2.30. The standard InChI is InChI=1S/C24H20ClF3N4O/c1-15(2)8-10-32-11-9-20-22(32)23(30-14-29-20)31-17-6-7-21(19(25)13-17)33-18-5-3-4-16(12-18)24(26,27)28/h3-7,9,11-14H,1,8,10H2,2H3,(H,29,30,31). The number of ether oxygens (including phenoxy) is 1. The minimum Gasteiger partial charge on any atom is -0.456 e. The topological polar surface area (TPSA) is 52.0 Å². The number of allylic oxidation sites excluding steroid dienone is 1. The SMILES string of the molecule is C=C(C)CCn1ccc2ncnc(Nc3ccc(Oc4cccc(C(F)(F)F)c4)c(Cl)c3)c21. The van der Waals surface area contributed by atoms with E-state index in [0.717, 1.165) is 41.7 Å². The second-order valence-corrected chi connectivity index (χ2v) is 7.98. The summed E-state index contributed by atoms with van der Waals surface area (Å²) >= 11 is 6.35. The van der Waals surface area contributed by atoms with Gasteiger partial charge in [0.25, 0.3) is 0 Å². The van der Waals surface area contributed by atoms with Crippen molar-refractivity contribution in [1.29, 1.82) is 0 Å². The molecule has 2 heterocycles. The van der Waals surface area contributed by atoms with Crippen molar-refractivity contribution in [3.8, 4) is 11.5 Å². The molecule has 0 atom stereocenters. The first-order chi connectivity index (χ1) is 15.7. The molecule has 0 fully saturated rings. The van der Waals surface area contributed by atoms with E-state index in [0.29, 0.717) is 11.5 Å². The van der Waals surface area contributed by atoms with Crippen molar-refractivity contribution in [2.75, 3.05) is 5.32 Å². The number of aromatic nitrogens is 3. The third kappa shape index (κ3) is 5.28. The van der Waals surface area contributed by atoms with Gasteiger partial charge in [0.2, 0.25) is 0 Å². The van der Waals surface area contributed by atoms with Crippen LogP contribution < -0.4 is 10.1 Å². The van der Waals surface area contributed by atoms with Crippen LogP contribution in [0.1, 0.15) is 18.9 Å². The summed E-state index contributed by atoms with van der Waals surface area (Å²) in [6.07, 6.45) is -0.208. The molecule has 0 unspecified atom stereocenters. The van der Waals surface area contributed by atoms with Gasteiger partial charge in [0.1, 0.15) is 23.3 Å². The van der Waals surface area contributed by atoms with Crippen molar-refractivity contribution in [2.45, 2.75) is 26.1 Å². The maximum Gasteiger partial charge on any atom is 0.416 e. The molecular formula is C24H20ClF3N4O. The molecular weight excluding hydrogens is 453 g/mol. The van der Waals surface area contributed by atoms with Crippen molar-refractivity contribution in [1.82, 2.24) is 14.5 Å². The van der Waals surface area contributed by atoms with E-state index in [4.69, 9.17) is 16.3 Å². The molecule has 0 aliphatic rings. The Morgan fingerprint density at radius 3 is 2.70 bits per heavy atom. The van der Waals surface area contributed by atoms with E-state index in [-0.39, 0.29) is 16.5 Å². The molecule has 0 amide bonds. The molecule has 0 spiro atoms. The Bertz CT molecular complexity index is 1320.